The zero-order valence-electron chi connectivity index (χ0n) is 10.4. The standard InChI is InChI=1S/C12H14N2O2S2/c1-7(9-4-5-17-6-9)13-12-14-10(8(2)18-12)11(15)16-3/h4-7H,1-3H3,(H,13,14). The largest absolute Gasteiger partial charge is 0.464 e. The summed E-state index contributed by atoms with van der Waals surface area (Å²) in [7, 11) is 1.36. The van der Waals surface area contributed by atoms with Gasteiger partial charge in [0.2, 0.25) is 0 Å². The van der Waals surface area contributed by atoms with E-state index in [0.29, 0.717) is 5.69 Å². The highest BCUT2D eigenvalue weighted by Crippen LogP contribution is 2.27. The summed E-state index contributed by atoms with van der Waals surface area (Å²) in [6.07, 6.45) is 0. The molecule has 1 atom stereocenters. The van der Waals surface area contributed by atoms with Gasteiger partial charge in [0.15, 0.2) is 10.8 Å². The quantitative estimate of drug-likeness (QED) is 0.872. The zero-order valence-corrected chi connectivity index (χ0v) is 12.0. The molecule has 0 aromatic carbocycles. The van der Waals surface area contributed by atoms with Crippen LogP contribution < -0.4 is 5.32 Å². The number of thiophene rings is 1. The van der Waals surface area contributed by atoms with Crippen LogP contribution in [-0.2, 0) is 4.74 Å². The summed E-state index contributed by atoms with van der Waals surface area (Å²) >= 11 is 3.13. The Hall–Kier alpha value is -1.40. The van der Waals surface area contributed by atoms with E-state index in [2.05, 4.69) is 33.4 Å². The number of rotatable bonds is 4. The molecule has 6 heteroatoms. The number of carbonyl (C=O) groups is 1. The number of esters is 1. The van der Waals surface area contributed by atoms with Gasteiger partial charge in [-0.2, -0.15) is 11.3 Å². The molecule has 96 valence electrons. The van der Waals surface area contributed by atoms with E-state index in [4.69, 9.17) is 0 Å². The second kappa shape index (κ2) is 5.49. The van der Waals surface area contributed by atoms with E-state index >= 15 is 0 Å². The predicted octanol–water partition coefficient (Wildman–Crippen LogP) is 3.47. The lowest BCUT2D eigenvalue weighted by molar-refractivity contribution is 0.0594. The zero-order chi connectivity index (χ0) is 13.1. The highest BCUT2D eigenvalue weighted by Gasteiger charge is 2.17. The maximum Gasteiger partial charge on any atom is 0.357 e. The van der Waals surface area contributed by atoms with Gasteiger partial charge in [0.25, 0.3) is 0 Å². The Morgan fingerprint density at radius 3 is 2.94 bits per heavy atom. The number of nitrogens with zero attached hydrogens (tertiary/aromatic N) is 1. The molecule has 18 heavy (non-hydrogen) atoms. The van der Waals surface area contributed by atoms with Gasteiger partial charge in [0, 0.05) is 4.88 Å². The highest BCUT2D eigenvalue weighted by molar-refractivity contribution is 7.15. The van der Waals surface area contributed by atoms with Crippen LogP contribution in [0.4, 0.5) is 5.13 Å². The first-order valence-corrected chi connectivity index (χ1v) is 7.22. The van der Waals surface area contributed by atoms with Crippen molar-refractivity contribution in [1.82, 2.24) is 4.98 Å². The molecular weight excluding hydrogens is 268 g/mol. The summed E-state index contributed by atoms with van der Waals surface area (Å²) in [5, 5.41) is 8.17. The maximum atomic E-state index is 11.5. The molecule has 0 spiro atoms. The van der Waals surface area contributed by atoms with E-state index in [-0.39, 0.29) is 12.0 Å². The smallest absolute Gasteiger partial charge is 0.357 e. The molecule has 2 rings (SSSR count). The molecule has 0 bridgehead atoms. The minimum absolute atomic E-state index is 0.173. The van der Waals surface area contributed by atoms with E-state index in [1.807, 2.05) is 12.3 Å². The van der Waals surface area contributed by atoms with Crippen LogP contribution in [0.3, 0.4) is 0 Å². The molecule has 2 aromatic heterocycles. The van der Waals surface area contributed by atoms with Crippen molar-refractivity contribution in [2.24, 2.45) is 0 Å². The van der Waals surface area contributed by atoms with Crippen LogP contribution >= 0.6 is 22.7 Å². The van der Waals surface area contributed by atoms with Crippen molar-refractivity contribution in [2.45, 2.75) is 19.9 Å². The van der Waals surface area contributed by atoms with Crippen molar-refractivity contribution in [3.05, 3.63) is 33.0 Å². The number of anilines is 1. The summed E-state index contributed by atoms with van der Waals surface area (Å²) in [5.41, 5.74) is 1.61. The monoisotopic (exact) mass is 282 g/mol. The van der Waals surface area contributed by atoms with Crippen molar-refractivity contribution < 1.29 is 9.53 Å². The number of aromatic nitrogens is 1. The number of ether oxygens (including phenoxy) is 1. The maximum absolute atomic E-state index is 11.5. The van der Waals surface area contributed by atoms with E-state index < -0.39 is 0 Å². The SMILES string of the molecule is COC(=O)c1nc(NC(C)c2ccsc2)sc1C. The van der Waals surface area contributed by atoms with E-state index in [1.165, 1.54) is 24.0 Å². The third-order valence-corrected chi connectivity index (χ3v) is 4.16. The molecule has 0 radical (unpaired) electrons. The molecule has 0 aliphatic rings. The lowest BCUT2D eigenvalue weighted by Gasteiger charge is -2.10. The van der Waals surface area contributed by atoms with Crippen molar-refractivity contribution in [3.63, 3.8) is 0 Å². The fourth-order valence-corrected chi connectivity index (χ4v) is 3.18. The molecule has 1 N–H and O–H groups in total. The van der Waals surface area contributed by atoms with Gasteiger partial charge in [-0.1, -0.05) is 0 Å². The molecular formula is C12H14N2O2S2. The van der Waals surface area contributed by atoms with Crippen LogP contribution in [0, 0.1) is 6.92 Å². The summed E-state index contributed by atoms with van der Waals surface area (Å²) in [6.45, 7) is 3.93. The van der Waals surface area contributed by atoms with Gasteiger partial charge < -0.3 is 10.1 Å². The van der Waals surface area contributed by atoms with Crippen molar-refractivity contribution >= 4 is 33.8 Å². The summed E-state index contributed by atoms with van der Waals surface area (Å²) in [4.78, 5) is 16.6. The fourth-order valence-electron chi connectivity index (χ4n) is 1.53. The first-order valence-electron chi connectivity index (χ1n) is 5.46. The van der Waals surface area contributed by atoms with Gasteiger partial charge in [-0.3, -0.25) is 0 Å². The topological polar surface area (TPSA) is 51.2 Å². The van der Waals surface area contributed by atoms with Crippen LogP contribution in [0.1, 0.15) is 33.9 Å². The number of methoxy groups -OCH3 is 1. The van der Waals surface area contributed by atoms with E-state index in [0.717, 1.165) is 10.0 Å². The third-order valence-electron chi connectivity index (χ3n) is 2.56. The third kappa shape index (κ3) is 2.70. The summed E-state index contributed by atoms with van der Waals surface area (Å²) in [6, 6.07) is 2.25. The second-order valence-electron chi connectivity index (χ2n) is 3.84. The second-order valence-corrected chi connectivity index (χ2v) is 5.82. The van der Waals surface area contributed by atoms with Crippen molar-refractivity contribution in [2.75, 3.05) is 12.4 Å². The average molecular weight is 282 g/mol. The van der Waals surface area contributed by atoms with Gasteiger partial charge in [-0.15, -0.1) is 11.3 Å². The Kier molecular flexibility index (Phi) is 3.98. The average Bonchev–Trinajstić information content (AvgIpc) is 2.97. The number of nitrogens with one attached hydrogen (secondary N) is 1. The molecule has 4 nitrogen and oxygen atoms in total. The van der Waals surface area contributed by atoms with E-state index in [1.54, 1.807) is 11.3 Å². The lowest BCUT2D eigenvalue weighted by atomic mass is 10.2. The Labute approximate surface area is 114 Å². The van der Waals surface area contributed by atoms with Crippen LogP contribution in [0.25, 0.3) is 0 Å². The lowest BCUT2D eigenvalue weighted by Crippen LogP contribution is -2.07. The summed E-state index contributed by atoms with van der Waals surface area (Å²) in [5.74, 6) is -0.389. The van der Waals surface area contributed by atoms with Crippen molar-refractivity contribution in [1.29, 1.82) is 0 Å². The minimum Gasteiger partial charge on any atom is -0.464 e. The van der Waals surface area contributed by atoms with Crippen LogP contribution in [0.2, 0.25) is 0 Å². The molecule has 0 saturated carbocycles. The van der Waals surface area contributed by atoms with Crippen LogP contribution in [-0.4, -0.2) is 18.1 Å². The highest BCUT2D eigenvalue weighted by atomic mass is 32.1. The first-order chi connectivity index (χ1) is 8.61. The molecule has 0 saturated heterocycles. The molecule has 0 fully saturated rings. The Bertz CT molecular complexity index is 534. The molecule has 1 unspecified atom stereocenters. The van der Waals surface area contributed by atoms with Gasteiger partial charge in [-0.25, -0.2) is 9.78 Å². The predicted molar refractivity (Wildman–Crippen MR) is 74.5 cm³/mol. The normalized spacial score (nSPS) is 12.2. The molecule has 0 aliphatic heterocycles. The number of carbonyl (C=O) groups excluding carboxylic acids is 1. The Morgan fingerprint density at radius 2 is 2.33 bits per heavy atom. The number of hydrogen-bond donors (Lipinski definition) is 1. The number of thiazole rings is 1. The summed E-state index contributed by atoms with van der Waals surface area (Å²) < 4.78 is 4.69. The van der Waals surface area contributed by atoms with Gasteiger partial charge in [-0.05, 0) is 36.2 Å². The van der Waals surface area contributed by atoms with Crippen LogP contribution in [0.5, 0.6) is 0 Å². The molecule has 2 heterocycles. The van der Waals surface area contributed by atoms with Gasteiger partial charge in [0.1, 0.15) is 0 Å². The van der Waals surface area contributed by atoms with Crippen molar-refractivity contribution in [3.8, 4) is 0 Å². The van der Waals surface area contributed by atoms with Gasteiger partial charge >= 0.3 is 5.97 Å². The Morgan fingerprint density at radius 1 is 1.56 bits per heavy atom. The minimum atomic E-state index is -0.389. The molecule has 2 aromatic rings. The van der Waals surface area contributed by atoms with Gasteiger partial charge in [0.05, 0.1) is 13.2 Å². The molecule has 0 aliphatic carbocycles. The number of hydrogen-bond acceptors (Lipinski definition) is 6. The van der Waals surface area contributed by atoms with E-state index in [9.17, 15) is 4.79 Å². The van der Waals surface area contributed by atoms with Crippen LogP contribution in [0.15, 0.2) is 16.8 Å². The molecule has 0 amide bonds. The Balaban J connectivity index is 2.13. The number of aryl methyl sites for hydroxylation is 1. The first kappa shape index (κ1) is 13.0. The fraction of sp³-hybridized carbons (Fsp3) is 0.333.